The summed E-state index contributed by atoms with van der Waals surface area (Å²) in [6.07, 6.45) is -0.180. The standard InChI is InChI=1S/C20H28O2Si/c1-20(21,23(3,4)5)18(16-12-8-6-9-13-16)19(22-2)17-14-10-7-11-15-17/h6-15,18-19,21H,1-5H3/t18-,19-,20-/m0/s1. The van der Waals surface area contributed by atoms with Gasteiger partial charge in [0.1, 0.15) is 0 Å². The van der Waals surface area contributed by atoms with Crippen molar-refractivity contribution in [1.82, 2.24) is 0 Å². The van der Waals surface area contributed by atoms with Gasteiger partial charge in [-0.05, 0) is 18.1 Å². The molecule has 0 aliphatic carbocycles. The number of rotatable bonds is 6. The maximum Gasteiger partial charge on any atom is 0.0914 e. The van der Waals surface area contributed by atoms with E-state index in [4.69, 9.17) is 4.74 Å². The summed E-state index contributed by atoms with van der Waals surface area (Å²) >= 11 is 0. The van der Waals surface area contributed by atoms with E-state index in [9.17, 15) is 5.11 Å². The lowest BCUT2D eigenvalue weighted by Crippen LogP contribution is -2.55. The average molecular weight is 329 g/mol. The van der Waals surface area contributed by atoms with Crippen molar-refractivity contribution >= 4 is 8.07 Å². The SMILES string of the molecule is CO[C@@H](c1ccccc1)[C@H](c1ccccc1)[C@@](C)(O)[Si](C)(C)C. The molecule has 2 nitrogen and oxygen atoms in total. The topological polar surface area (TPSA) is 29.5 Å². The summed E-state index contributed by atoms with van der Waals surface area (Å²) in [5.41, 5.74) is 2.22. The Morgan fingerprint density at radius 2 is 1.30 bits per heavy atom. The third-order valence-electron chi connectivity index (χ3n) is 4.97. The molecule has 3 heteroatoms. The molecule has 2 aromatic carbocycles. The monoisotopic (exact) mass is 328 g/mol. The lowest BCUT2D eigenvalue weighted by molar-refractivity contribution is 0.00140. The van der Waals surface area contributed by atoms with E-state index < -0.39 is 13.3 Å². The van der Waals surface area contributed by atoms with Crippen LogP contribution in [0.5, 0.6) is 0 Å². The van der Waals surface area contributed by atoms with E-state index in [1.807, 2.05) is 43.3 Å². The molecule has 0 aliphatic rings. The first-order valence-corrected chi connectivity index (χ1v) is 11.6. The van der Waals surface area contributed by atoms with Crippen LogP contribution >= 0.6 is 0 Å². The van der Waals surface area contributed by atoms with Crippen LogP contribution in [0, 0.1) is 0 Å². The first kappa shape index (κ1) is 17.9. The molecule has 0 amide bonds. The highest BCUT2D eigenvalue weighted by molar-refractivity contribution is 6.79. The fourth-order valence-corrected chi connectivity index (χ4v) is 4.28. The van der Waals surface area contributed by atoms with Crippen LogP contribution < -0.4 is 0 Å². The molecule has 124 valence electrons. The molecule has 0 saturated heterocycles. The Morgan fingerprint density at radius 1 is 0.870 bits per heavy atom. The van der Waals surface area contributed by atoms with Crippen LogP contribution in [-0.4, -0.2) is 25.5 Å². The van der Waals surface area contributed by atoms with Crippen molar-refractivity contribution in [2.75, 3.05) is 7.11 Å². The highest BCUT2D eigenvalue weighted by atomic mass is 28.3. The molecular formula is C20H28O2Si. The summed E-state index contributed by atoms with van der Waals surface area (Å²) in [6, 6.07) is 20.4. The molecule has 2 rings (SSSR count). The summed E-state index contributed by atoms with van der Waals surface area (Å²) in [5, 5.41) is 10.7. The predicted octanol–water partition coefficient (Wildman–Crippen LogP) is 4.79. The number of methoxy groups -OCH3 is 1. The first-order chi connectivity index (χ1) is 10.8. The lowest BCUT2D eigenvalue weighted by atomic mass is 9.84. The Bertz CT molecular complexity index is 603. The minimum atomic E-state index is -1.87. The Balaban J connectivity index is 2.58. The van der Waals surface area contributed by atoms with E-state index >= 15 is 0 Å². The van der Waals surface area contributed by atoms with Gasteiger partial charge in [-0.3, -0.25) is 0 Å². The minimum absolute atomic E-state index is 0.109. The fourth-order valence-electron chi connectivity index (χ4n) is 3.03. The Labute approximate surface area is 141 Å². The zero-order valence-corrected chi connectivity index (χ0v) is 15.8. The number of hydrogen-bond donors (Lipinski definition) is 1. The Kier molecular flexibility index (Phi) is 5.45. The summed E-state index contributed by atoms with van der Waals surface area (Å²) in [5.74, 6) is -0.109. The van der Waals surface area contributed by atoms with Crippen LogP contribution in [0.1, 0.15) is 30.1 Å². The molecule has 0 saturated carbocycles. The molecule has 0 fully saturated rings. The smallest absolute Gasteiger partial charge is 0.0914 e. The van der Waals surface area contributed by atoms with Gasteiger partial charge in [0.2, 0.25) is 0 Å². The average Bonchev–Trinajstić information content (AvgIpc) is 2.52. The van der Waals surface area contributed by atoms with Crippen molar-refractivity contribution in [2.45, 2.75) is 43.8 Å². The fraction of sp³-hybridized carbons (Fsp3) is 0.400. The third-order valence-corrected chi connectivity index (χ3v) is 8.32. The summed E-state index contributed by atoms with van der Waals surface area (Å²) < 4.78 is 5.90. The number of ether oxygens (including phenoxy) is 1. The van der Waals surface area contributed by atoms with E-state index in [1.165, 1.54) is 0 Å². The molecular weight excluding hydrogens is 300 g/mol. The van der Waals surface area contributed by atoms with Gasteiger partial charge in [-0.1, -0.05) is 80.3 Å². The van der Waals surface area contributed by atoms with Crippen LogP contribution in [0.3, 0.4) is 0 Å². The van der Waals surface area contributed by atoms with Gasteiger partial charge in [0.05, 0.1) is 19.4 Å². The predicted molar refractivity (Wildman–Crippen MR) is 99.3 cm³/mol. The largest absolute Gasteiger partial charge is 0.393 e. The second kappa shape index (κ2) is 6.99. The molecule has 0 spiro atoms. The second-order valence-corrected chi connectivity index (χ2v) is 12.9. The molecule has 0 aromatic heterocycles. The zero-order chi connectivity index (χ0) is 17.1. The summed E-state index contributed by atoms with van der Waals surface area (Å²) in [6.45, 7) is 8.60. The van der Waals surface area contributed by atoms with Crippen molar-refractivity contribution in [1.29, 1.82) is 0 Å². The van der Waals surface area contributed by atoms with Gasteiger partial charge in [0.25, 0.3) is 0 Å². The third kappa shape index (κ3) is 3.74. The summed E-state index contributed by atoms with van der Waals surface area (Å²) in [4.78, 5) is 0. The molecule has 0 radical (unpaired) electrons. The molecule has 23 heavy (non-hydrogen) atoms. The molecule has 2 aromatic rings. The van der Waals surface area contributed by atoms with Crippen molar-refractivity contribution in [3.63, 3.8) is 0 Å². The van der Waals surface area contributed by atoms with Gasteiger partial charge in [-0.25, -0.2) is 0 Å². The minimum Gasteiger partial charge on any atom is -0.393 e. The van der Waals surface area contributed by atoms with Crippen molar-refractivity contribution < 1.29 is 9.84 Å². The summed E-state index contributed by atoms with van der Waals surface area (Å²) in [7, 11) is -0.137. The molecule has 1 N–H and O–H groups in total. The quantitative estimate of drug-likeness (QED) is 0.773. The van der Waals surface area contributed by atoms with E-state index in [-0.39, 0.29) is 12.0 Å². The van der Waals surface area contributed by atoms with Crippen LogP contribution in [0.4, 0.5) is 0 Å². The van der Waals surface area contributed by atoms with Gasteiger partial charge in [0, 0.05) is 13.0 Å². The highest BCUT2D eigenvalue weighted by Crippen LogP contribution is 2.45. The Morgan fingerprint density at radius 3 is 1.70 bits per heavy atom. The number of hydrogen-bond acceptors (Lipinski definition) is 2. The van der Waals surface area contributed by atoms with E-state index in [0.717, 1.165) is 11.1 Å². The molecule has 0 bridgehead atoms. The molecule has 3 atom stereocenters. The van der Waals surface area contributed by atoms with Crippen molar-refractivity contribution in [3.8, 4) is 0 Å². The van der Waals surface area contributed by atoms with Gasteiger partial charge in [-0.15, -0.1) is 0 Å². The van der Waals surface area contributed by atoms with E-state index in [1.54, 1.807) is 7.11 Å². The van der Waals surface area contributed by atoms with Gasteiger partial charge in [0.15, 0.2) is 0 Å². The zero-order valence-electron chi connectivity index (χ0n) is 14.8. The molecule has 0 aliphatic heterocycles. The lowest BCUT2D eigenvalue weighted by Gasteiger charge is -2.45. The van der Waals surface area contributed by atoms with Crippen LogP contribution in [0.25, 0.3) is 0 Å². The van der Waals surface area contributed by atoms with Crippen LogP contribution in [-0.2, 0) is 4.74 Å². The maximum absolute atomic E-state index is 11.5. The number of benzene rings is 2. The van der Waals surface area contributed by atoms with Gasteiger partial charge < -0.3 is 9.84 Å². The van der Waals surface area contributed by atoms with Crippen molar-refractivity contribution in [2.24, 2.45) is 0 Å². The van der Waals surface area contributed by atoms with Crippen LogP contribution in [0.2, 0.25) is 19.6 Å². The number of aliphatic hydroxyl groups is 1. The van der Waals surface area contributed by atoms with Crippen molar-refractivity contribution in [3.05, 3.63) is 71.8 Å². The second-order valence-electron chi connectivity index (χ2n) is 7.35. The molecule has 0 heterocycles. The first-order valence-electron chi connectivity index (χ1n) is 8.14. The normalized spacial score (nSPS) is 17.3. The van der Waals surface area contributed by atoms with Gasteiger partial charge >= 0.3 is 0 Å². The van der Waals surface area contributed by atoms with E-state index in [0.29, 0.717) is 0 Å². The Hall–Kier alpha value is -1.42. The highest BCUT2D eigenvalue weighted by Gasteiger charge is 2.48. The van der Waals surface area contributed by atoms with Crippen LogP contribution in [0.15, 0.2) is 60.7 Å². The van der Waals surface area contributed by atoms with E-state index in [2.05, 4.69) is 43.9 Å². The molecule has 0 unspecified atom stereocenters. The van der Waals surface area contributed by atoms with Gasteiger partial charge in [-0.2, -0.15) is 0 Å². The maximum atomic E-state index is 11.5.